The van der Waals surface area contributed by atoms with Crippen LogP contribution in [0.15, 0.2) is 0 Å². The van der Waals surface area contributed by atoms with E-state index in [1.807, 2.05) is 0 Å². The van der Waals surface area contributed by atoms with E-state index in [1.54, 1.807) is 0 Å². The zero-order chi connectivity index (χ0) is 7.40. The van der Waals surface area contributed by atoms with E-state index in [-0.39, 0.29) is 31.0 Å². The highest BCUT2D eigenvalue weighted by molar-refractivity contribution is 5.85. The van der Waals surface area contributed by atoms with E-state index in [4.69, 9.17) is 5.73 Å². The molecular weight excluding hydrogens is 166 g/mol. The van der Waals surface area contributed by atoms with Crippen LogP contribution < -0.4 is 5.73 Å². The van der Waals surface area contributed by atoms with Gasteiger partial charge in [-0.05, 0) is 12.8 Å². The molecule has 0 bridgehead atoms. The van der Waals surface area contributed by atoms with Crippen molar-refractivity contribution in [2.75, 3.05) is 6.73 Å². The zero-order valence-electron chi connectivity index (χ0n) is 6.41. The fourth-order valence-electron chi connectivity index (χ4n) is 1.36. The van der Waals surface area contributed by atoms with E-state index in [0.29, 0.717) is 0 Å². The van der Waals surface area contributed by atoms with Crippen LogP contribution in [0.5, 0.6) is 0 Å². The molecule has 1 aliphatic rings. The monoisotopic (exact) mass is 179 g/mol. The van der Waals surface area contributed by atoms with Crippen LogP contribution in [0.4, 0.5) is 0 Å². The number of ether oxygens (including phenoxy) is 1. The van der Waals surface area contributed by atoms with Crippen LogP contribution in [0.2, 0.25) is 0 Å². The average Bonchev–Trinajstić information content (AvgIpc) is 2.38. The number of rotatable bonds is 2. The molecule has 0 amide bonds. The van der Waals surface area contributed by atoms with Gasteiger partial charge in [0, 0.05) is 0 Å². The fourth-order valence-corrected chi connectivity index (χ4v) is 1.36. The van der Waals surface area contributed by atoms with Crippen molar-refractivity contribution in [2.45, 2.75) is 25.7 Å². The van der Waals surface area contributed by atoms with Crippen LogP contribution in [-0.2, 0) is 9.53 Å². The Morgan fingerprint density at radius 2 is 2.00 bits per heavy atom. The normalized spacial score (nSPS) is 17.5. The maximum absolute atomic E-state index is 10.9. The Morgan fingerprint density at radius 1 is 1.45 bits per heavy atom. The van der Waals surface area contributed by atoms with Crippen molar-refractivity contribution in [3.05, 3.63) is 0 Å². The summed E-state index contributed by atoms with van der Waals surface area (Å²) in [5.74, 6) is 0.0311. The van der Waals surface area contributed by atoms with Gasteiger partial charge in [-0.2, -0.15) is 0 Å². The van der Waals surface area contributed by atoms with Crippen molar-refractivity contribution >= 4 is 18.4 Å². The summed E-state index contributed by atoms with van der Waals surface area (Å²) in [6, 6.07) is 0. The van der Waals surface area contributed by atoms with Crippen LogP contribution >= 0.6 is 12.4 Å². The minimum atomic E-state index is -0.111. The van der Waals surface area contributed by atoms with Gasteiger partial charge in [-0.15, -0.1) is 12.4 Å². The molecule has 0 spiro atoms. The summed E-state index contributed by atoms with van der Waals surface area (Å²) in [5.41, 5.74) is 5.05. The zero-order valence-corrected chi connectivity index (χ0v) is 7.23. The third-order valence-corrected chi connectivity index (χ3v) is 1.91. The topological polar surface area (TPSA) is 52.3 Å². The van der Waals surface area contributed by atoms with Gasteiger partial charge in [-0.25, -0.2) is 0 Å². The molecule has 0 saturated heterocycles. The first-order valence-corrected chi connectivity index (χ1v) is 3.71. The molecule has 0 aromatic rings. The number of hydrogen-bond donors (Lipinski definition) is 1. The highest BCUT2D eigenvalue weighted by atomic mass is 35.5. The van der Waals surface area contributed by atoms with E-state index in [2.05, 4.69) is 4.74 Å². The van der Waals surface area contributed by atoms with Crippen molar-refractivity contribution in [3.63, 3.8) is 0 Å². The molecule has 1 saturated carbocycles. The predicted molar refractivity (Wildman–Crippen MR) is 44.4 cm³/mol. The Morgan fingerprint density at radius 3 is 2.45 bits per heavy atom. The summed E-state index contributed by atoms with van der Waals surface area (Å²) in [7, 11) is 0. The quantitative estimate of drug-likeness (QED) is 0.510. The molecule has 0 radical (unpaired) electrons. The van der Waals surface area contributed by atoms with E-state index in [9.17, 15) is 4.79 Å². The van der Waals surface area contributed by atoms with Crippen molar-refractivity contribution in [1.29, 1.82) is 0 Å². The first-order chi connectivity index (χ1) is 4.84. The number of nitrogens with two attached hydrogens (primary N) is 1. The van der Waals surface area contributed by atoms with Crippen LogP contribution in [0.25, 0.3) is 0 Å². The Labute approximate surface area is 72.7 Å². The molecule has 1 fully saturated rings. The van der Waals surface area contributed by atoms with Crippen molar-refractivity contribution in [2.24, 2.45) is 11.7 Å². The van der Waals surface area contributed by atoms with E-state index in [1.165, 1.54) is 0 Å². The van der Waals surface area contributed by atoms with Crippen LogP contribution in [0, 0.1) is 5.92 Å². The number of esters is 1. The summed E-state index contributed by atoms with van der Waals surface area (Å²) in [6.07, 6.45) is 4.28. The minimum absolute atomic E-state index is 0. The molecule has 1 aliphatic carbocycles. The summed E-state index contributed by atoms with van der Waals surface area (Å²) >= 11 is 0. The molecule has 3 nitrogen and oxygen atoms in total. The molecule has 2 N–H and O–H groups in total. The maximum atomic E-state index is 10.9. The van der Waals surface area contributed by atoms with Gasteiger partial charge in [0.15, 0.2) is 0 Å². The number of carbonyl (C=O) groups excluding carboxylic acids is 1. The third kappa shape index (κ3) is 3.08. The lowest BCUT2D eigenvalue weighted by Crippen LogP contribution is -2.18. The SMILES string of the molecule is Cl.NCOC(=O)C1CCCC1. The van der Waals surface area contributed by atoms with Crippen LogP contribution in [0.1, 0.15) is 25.7 Å². The van der Waals surface area contributed by atoms with Gasteiger partial charge >= 0.3 is 5.97 Å². The van der Waals surface area contributed by atoms with Gasteiger partial charge in [0.25, 0.3) is 0 Å². The van der Waals surface area contributed by atoms with Crippen LogP contribution in [-0.4, -0.2) is 12.7 Å². The minimum Gasteiger partial charge on any atom is -0.450 e. The molecular formula is C7H14ClNO2. The first kappa shape index (κ1) is 10.7. The lowest BCUT2D eigenvalue weighted by molar-refractivity contribution is -0.148. The highest BCUT2D eigenvalue weighted by Crippen LogP contribution is 2.25. The predicted octanol–water partition coefficient (Wildman–Crippen LogP) is 1.06. The van der Waals surface area contributed by atoms with E-state index < -0.39 is 0 Å². The molecule has 11 heavy (non-hydrogen) atoms. The Bertz CT molecular complexity index is 124. The average molecular weight is 180 g/mol. The summed E-state index contributed by atoms with van der Waals surface area (Å²) in [5, 5.41) is 0. The molecule has 0 aliphatic heterocycles. The van der Waals surface area contributed by atoms with Gasteiger partial charge in [0.05, 0.1) is 5.92 Å². The Hall–Kier alpha value is -0.280. The van der Waals surface area contributed by atoms with Crippen LogP contribution in [0.3, 0.4) is 0 Å². The largest absolute Gasteiger partial charge is 0.450 e. The standard InChI is InChI=1S/C7H13NO2.ClH/c8-5-10-7(9)6-3-1-2-4-6;/h6H,1-5,8H2;1H. The van der Waals surface area contributed by atoms with Crippen molar-refractivity contribution < 1.29 is 9.53 Å². The number of halogens is 1. The lowest BCUT2D eigenvalue weighted by atomic mass is 10.1. The smallest absolute Gasteiger partial charge is 0.310 e. The Balaban J connectivity index is 0.000001000. The fraction of sp³-hybridized carbons (Fsp3) is 0.857. The van der Waals surface area contributed by atoms with Gasteiger partial charge in [-0.3, -0.25) is 10.5 Å². The molecule has 66 valence electrons. The number of hydrogen-bond acceptors (Lipinski definition) is 3. The molecule has 0 aromatic carbocycles. The molecule has 0 unspecified atom stereocenters. The van der Waals surface area contributed by atoms with E-state index in [0.717, 1.165) is 25.7 Å². The second kappa shape index (κ2) is 5.38. The molecule has 0 heterocycles. The number of carbonyl (C=O) groups is 1. The second-order valence-corrected chi connectivity index (χ2v) is 2.61. The van der Waals surface area contributed by atoms with Gasteiger partial charge in [-0.1, -0.05) is 12.8 Å². The first-order valence-electron chi connectivity index (χ1n) is 3.71. The summed E-state index contributed by atoms with van der Waals surface area (Å²) < 4.78 is 4.66. The second-order valence-electron chi connectivity index (χ2n) is 2.61. The molecule has 1 rings (SSSR count). The summed E-state index contributed by atoms with van der Waals surface area (Å²) in [6.45, 7) is 0.0231. The molecule has 4 heteroatoms. The maximum Gasteiger partial charge on any atom is 0.310 e. The Kier molecular flexibility index (Phi) is 5.24. The van der Waals surface area contributed by atoms with Crippen molar-refractivity contribution in [1.82, 2.24) is 0 Å². The van der Waals surface area contributed by atoms with Gasteiger partial charge < -0.3 is 4.74 Å². The highest BCUT2D eigenvalue weighted by Gasteiger charge is 2.23. The summed E-state index contributed by atoms with van der Waals surface area (Å²) in [4.78, 5) is 10.9. The van der Waals surface area contributed by atoms with Gasteiger partial charge in [0.2, 0.25) is 0 Å². The molecule has 0 atom stereocenters. The molecule has 0 aromatic heterocycles. The van der Waals surface area contributed by atoms with Gasteiger partial charge in [0.1, 0.15) is 6.73 Å². The van der Waals surface area contributed by atoms with Crippen molar-refractivity contribution in [3.8, 4) is 0 Å². The van der Waals surface area contributed by atoms with E-state index >= 15 is 0 Å². The third-order valence-electron chi connectivity index (χ3n) is 1.91. The lowest BCUT2D eigenvalue weighted by Gasteiger charge is -2.06.